The molecule has 24 heavy (non-hydrogen) atoms. The molecule has 0 saturated carbocycles. The predicted octanol–water partition coefficient (Wildman–Crippen LogP) is 1.65. The average molecular weight is 394 g/mol. The fourth-order valence-electron chi connectivity index (χ4n) is 2.00. The van der Waals surface area contributed by atoms with Crippen molar-refractivity contribution < 1.29 is 14.7 Å². The number of hydrogen-bond acceptors (Lipinski definition) is 4. The monoisotopic (exact) mass is 393 g/mol. The van der Waals surface area contributed by atoms with Crippen molar-refractivity contribution in [1.82, 2.24) is 15.1 Å². The van der Waals surface area contributed by atoms with Gasteiger partial charge in [0.15, 0.2) is 0 Å². The predicted molar refractivity (Wildman–Crippen MR) is 91.5 cm³/mol. The molecule has 0 fully saturated rings. The van der Waals surface area contributed by atoms with Gasteiger partial charge in [-0.3, -0.25) is 14.4 Å². The van der Waals surface area contributed by atoms with Gasteiger partial charge in [-0.1, -0.05) is 28.1 Å². The molecule has 7 nitrogen and oxygen atoms in total. The third-order valence-electron chi connectivity index (χ3n) is 3.19. The molecule has 0 unspecified atom stereocenters. The summed E-state index contributed by atoms with van der Waals surface area (Å²) in [4.78, 5) is 34.1. The summed E-state index contributed by atoms with van der Waals surface area (Å²) in [7, 11) is 0. The van der Waals surface area contributed by atoms with Gasteiger partial charge in [0.25, 0.3) is 5.56 Å². The minimum absolute atomic E-state index is 0.0163. The van der Waals surface area contributed by atoms with E-state index in [9.17, 15) is 14.4 Å². The number of halogens is 1. The first kappa shape index (κ1) is 17.9. The van der Waals surface area contributed by atoms with Crippen LogP contribution >= 0.6 is 15.9 Å². The van der Waals surface area contributed by atoms with Crippen molar-refractivity contribution in [1.29, 1.82) is 0 Å². The van der Waals surface area contributed by atoms with Gasteiger partial charge in [0, 0.05) is 29.1 Å². The Morgan fingerprint density at radius 1 is 1.17 bits per heavy atom. The van der Waals surface area contributed by atoms with Crippen LogP contribution in [-0.4, -0.2) is 33.3 Å². The zero-order valence-corrected chi connectivity index (χ0v) is 14.3. The lowest BCUT2D eigenvalue weighted by molar-refractivity contribution is -0.137. The highest BCUT2D eigenvalue weighted by Gasteiger charge is 2.08. The third-order valence-corrected chi connectivity index (χ3v) is 3.72. The maximum Gasteiger partial charge on any atom is 0.303 e. The Morgan fingerprint density at radius 2 is 1.88 bits per heavy atom. The lowest BCUT2D eigenvalue weighted by Crippen LogP contribution is -2.34. The minimum Gasteiger partial charge on any atom is -0.481 e. The second kappa shape index (κ2) is 8.39. The maximum absolute atomic E-state index is 11.8. The van der Waals surface area contributed by atoms with Crippen molar-refractivity contribution in [3.8, 4) is 11.3 Å². The summed E-state index contributed by atoms with van der Waals surface area (Å²) in [6.45, 7) is 0.0303. The summed E-state index contributed by atoms with van der Waals surface area (Å²) in [5.41, 5.74) is 1.03. The van der Waals surface area contributed by atoms with Crippen LogP contribution in [0.25, 0.3) is 11.3 Å². The molecule has 0 aliphatic heterocycles. The van der Waals surface area contributed by atoms with Crippen molar-refractivity contribution in [3.63, 3.8) is 0 Å². The van der Waals surface area contributed by atoms with E-state index in [1.807, 2.05) is 24.3 Å². The van der Waals surface area contributed by atoms with E-state index in [1.54, 1.807) is 6.07 Å². The molecule has 126 valence electrons. The van der Waals surface area contributed by atoms with Crippen LogP contribution in [0.5, 0.6) is 0 Å². The highest BCUT2D eigenvalue weighted by atomic mass is 79.9. The molecule has 2 rings (SSSR count). The van der Waals surface area contributed by atoms with E-state index in [2.05, 4.69) is 26.3 Å². The van der Waals surface area contributed by atoms with E-state index in [-0.39, 0.29) is 31.0 Å². The molecule has 1 aromatic carbocycles. The molecule has 1 heterocycles. The van der Waals surface area contributed by atoms with Gasteiger partial charge in [-0.15, -0.1) is 0 Å². The van der Waals surface area contributed by atoms with Crippen molar-refractivity contribution >= 4 is 27.8 Å². The maximum atomic E-state index is 11.8. The van der Waals surface area contributed by atoms with Gasteiger partial charge < -0.3 is 10.4 Å². The van der Waals surface area contributed by atoms with Gasteiger partial charge in [0.1, 0.15) is 6.54 Å². The van der Waals surface area contributed by atoms with E-state index in [0.29, 0.717) is 12.1 Å². The highest BCUT2D eigenvalue weighted by molar-refractivity contribution is 9.10. The Balaban J connectivity index is 2.03. The molecular weight excluding hydrogens is 378 g/mol. The Morgan fingerprint density at radius 3 is 2.54 bits per heavy atom. The molecule has 0 spiro atoms. The summed E-state index contributed by atoms with van der Waals surface area (Å²) < 4.78 is 2.02. The number of carbonyl (C=O) groups excluding carboxylic acids is 1. The van der Waals surface area contributed by atoms with Gasteiger partial charge >= 0.3 is 5.97 Å². The first-order valence-electron chi connectivity index (χ1n) is 7.28. The Labute approximate surface area is 146 Å². The second-order valence-electron chi connectivity index (χ2n) is 5.07. The van der Waals surface area contributed by atoms with Gasteiger partial charge in [0.05, 0.1) is 5.69 Å². The summed E-state index contributed by atoms with van der Waals surface area (Å²) in [6, 6.07) is 10.4. The van der Waals surface area contributed by atoms with Crippen LogP contribution in [0.3, 0.4) is 0 Å². The molecule has 0 aliphatic carbocycles. The Hall–Kier alpha value is -2.48. The van der Waals surface area contributed by atoms with E-state index < -0.39 is 5.97 Å². The molecule has 0 saturated heterocycles. The molecule has 0 bridgehead atoms. The van der Waals surface area contributed by atoms with E-state index in [0.717, 1.165) is 14.7 Å². The van der Waals surface area contributed by atoms with Crippen LogP contribution in [0, 0.1) is 0 Å². The number of aromatic nitrogens is 2. The summed E-state index contributed by atoms with van der Waals surface area (Å²) in [5, 5.41) is 15.3. The Bertz CT molecular complexity index is 787. The quantitative estimate of drug-likeness (QED) is 0.696. The van der Waals surface area contributed by atoms with Crippen LogP contribution in [0.1, 0.15) is 12.8 Å². The normalized spacial score (nSPS) is 10.4. The molecule has 1 amide bonds. The fourth-order valence-corrected chi connectivity index (χ4v) is 2.26. The van der Waals surface area contributed by atoms with E-state index in [4.69, 9.17) is 5.11 Å². The number of nitrogens with zero attached hydrogens (tertiary/aromatic N) is 2. The molecule has 2 N–H and O–H groups in total. The zero-order valence-electron chi connectivity index (χ0n) is 12.7. The minimum atomic E-state index is -0.913. The van der Waals surface area contributed by atoms with Crippen molar-refractivity contribution in [2.75, 3.05) is 6.54 Å². The number of carboxylic acid groups (broad SMARTS) is 1. The lowest BCUT2D eigenvalue weighted by atomic mass is 10.1. The summed E-state index contributed by atoms with van der Waals surface area (Å²) in [6.07, 6.45) is 0.319. The second-order valence-corrected chi connectivity index (χ2v) is 5.98. The van der Waals surface area contributed by atoms with Crippen LogP contribution in [-0.2, 0) is 16.1 Å². The number of rotatable bonds is 7. The van der Waals surface area contributed by atoms with Crippen molar-refractivity contribution in [2.45, 2.75) is 19.4 Å². The number of nitrogens with one attached hydrogen (secondary N) is 1. The first-order valence-corrected chi connectivity index (χ1v) is 8.07. The van der Waals surface area contributed by atoms with Crippen LogP contribution in [0.2, 0.25) is 0 Å². The SMILES string of the molecule is O=C(O)CCCNC(=O)Cn1nc(-c2ccc(Br)cc2)ccc1=O. The van der Waals surface area contributed by atoms with Crippen LogP contribution < -0.4 is 10.9 Å². The molecule has 1 aromatic heterocycles. The molecule has 0 radical (unpaired) electrons. The zero-order chi connectivity index (χ0) is 17.5. The fraction of sp³-hybridized carbons (Fsp3) is 0.250. The van der Waals surface area contributed by atoms with Gasteiger partial charge in [-0.2, -0.15) is 5.10 Å². The highest BCUT2D eigenvalue weighted by Crippen LogP contribution is 2.18. The van der Waals surface area contributed by atoms with Gasteiger partial charge in [0.2, 0.25) is 5.91 Å². The lowest BCUT2D eigenvalue weighted by Gasteiger charge is -2.08. The topological polar surface area (TPSA) is 101 Å². The van der Waals surface area contributed by atoms with Gasteiger partial charge in [-0.05, 0) is 24.6 Å². The molecule has 0 aliphatic rings. The number of carbonyl (C=O) groups is 2. The van der Waals surface area contributed by atoms with E-state index >= 15 is 0 Å². The Kier molecular flexibility index (Phi) is 6.25. The number of aliphatic carboxylic acids is 1. The molecule has 0 atom stereocenters. The standard InChI is InChI=1S/C16H16BrN3O4/c17-12-5-3-11(4-6-12)13-7-8-15(22)20(19-13)10-14(21)18-9-1-2-16(23)24/h3-8H,1-2,9-10H2,(H,18,21)(H,23,24). The molecule has 8 heteroatoms. The van der Waals surface area contributed by atoms with Crippen molar-refractivity contribution in [3.05, 3.63) is 51.2 Å². The smallest absolute Gasteiger partial charge is 0.303 e. The first-order chi connectivity index (χ1) is 11.5. The molecular formula is C16H16BrN3O4. The average Bonchev–Trinajstić information content (AvgIpc) is 2.54. The number of benzene rings is 1. The van der Waals surface area contributed by atoms with E-state index in [1.165, 1.54) is 6.07 Å². The van der Waals surface area contributed by atoms with Crippen molar-refractivity contribution in [2.24, 2.45) is 0 Å². The van der Waals surface area contributed by atoms with Crippen LogP contribution in [0.15, 0.2) is 45.7 Å². The summed E-state index contributed by atoms with van der Waals surface area (Å²) >= 11 is 3.35. The molecule has 2 aromatic rings. The van der Waals surface area contributed by atoms with Gasteiger partial charge in [-0.25, -0.2) is 4.68 Å². The summed E-state index contributed by atoms with van der Waals surface area (Å²) in [5.74, 6) is -1.30. The third kappa shape index (κ3) is 5.31. The van der Waals surface area contributed by atoms with Crippen LogP contribution in [0.4, 0.5) is 0 Å². The largest absolute Gasteiger partial charge is 0.481 e. The number of carboxylic acids is 1. The number of hydrogen-bond donors (Lipinski definition) is 2. The number of amides is 1.